The van der Waals surface area contributed by atoms with Crippen molar-refractivity contribution in [2.45, 2.75) is 6.42 Å². The van der Waals surface area contributed by atoms with E-state index in [0.29, 0.717) is 18.5 Å². The standard InChI is InChI=1S/C20H18N4OS/c21-24-13-14(17-4-1-2-5-18(17)24)7-8-23-20(25)16-10-15(11-22-12-16)19-6-3-9-26-19/h1-6,9-13H,7-8,21H2,(H,23,25). The van der Waals surface area contributed by atoms with Gasteiger partial charge in [-0.25, -0.2) is 0 Å². The Morgan fingerprint density at radius 1 is 1.19 bits per heavy atom. The van der Waals surface area contributed by atoms with Crippen LogP contribution in [0.3, 0.4) is 0 Å². The number of amides is 1. The molecule has 3 N–H and O–H groups in total. The number of nitrogens with one attached hydrogen (secondary N) is 1. The minimum absolute atomic E-state index is 0.118. The maximum atomic E-state index is 12.4. The maximum Gasteiger partial charge on any atom is 0.252 e. The first kappa shape index (κ1) is 16.4. The molecule has 0 unspecified atom stereocenters. The van der Waals surface area contributed by atoms with Crippen LogP contribution in [0.4, 0.5) is 0 Å². The first-order valence-corrected chi connectivity index (χ1v) is 9.21. The van der Waals surface area contributed by atoms with Crippen LogP contribution in [0.5, 0.6) is 0 Å². The normalized spacial score (nSPS) is 10.9. The van der Waals surface area contributed by atoms with E-state index in [2.05, 4.69) is 10.3 Å². The van der Waals surface area contributed by atoms with Crippen molar-refractivity contribution < 1.29 is 4.79 Å². The number of carbonyl (C=O) groups is 1. The van der Waals surface area contributed by atoms with Gasteiger partial charge in [0, 0.05) is 41.0 Å². The number of para-hydroxylation sites is 1. The molecule has 0 atom stereocenters. The molecular weight excluding hydrogens is 344 g/mol. The maximum absolute atomic E-state index is 12.4. The third kappa shape index (κ3) is 3.19. The van der Waals surface area contributed by atoms with Crippen LogP contribution in [0, 0.1) is 0 Å². The Morgan fingerprint density at radius 3 is 2.92 bits per heavy atom. The zero-order chi connectivity index (χ0) is 17.9. The minimum atomic E-state index is -0.118. The molecule has 0 saturated heterocycles. The molecule has 0 saturated carbocycles. The summed E-state index contributed by atoms with van der Waals surface area (Å²) < 4.78 is 1.63. The van der Waals surface area contributed by atoms with Gasteiger partial charge in [0.05, 0.1) is 11.1 Å². The lowest BCUT2D eigenvalue weighted by molar-refractivity contribution is 0.0954. The van der Waals surface area contributed by atoms with Gasteiger partial charge in [-0.1, -0.05) is 24.3 Å². The van der Waals surface area contributed by atoms with Gasteiger partial charge in [-0.3, -0.25) is 14.5 Å². The first-order valence-electron chi connectivity index (χ1n) is 8.33. The molecule has 130 valence electrons. The quantitative estimate of drug-likeness (QED) is 0.534. The molecule has 1 amide bonds. The van der Waals surface area contributed by atoms with Crippen LogP contribution in [0.15, 0.2) is 66.4 Å². The van der Waals surface area contributed by atoms with Gasteiger partial charge in [0.15, 0.2) is 0 Å². The van der Waals surface area contributed by atoms with Gasteiger partial charge in [-0.05, 0) is 35.6 Å². The highest BCUT2D eigenvalue weighted by molar-refractivity contribution is 7.13. The molecule has 0 radical (unpaired) electrons. The van der Waals surface area contributed by atoms with E-state index in [9.17, 15) is 4.79 Å². The predicted molar refractivity (Wildman–Crippen MR) is 106 cm³/mol. The second-order valence-corrected chi connectivity index (χ2v) is 6.97. The summed E-state index contributed by atoms with van der Waals surface area (Å²) in [5.74, 6) is 5.87. The second-order valence-electron chi connectivity index (χ2n) is 6.02. The van der Waals surface area contributed by atoms with E-state index in [4.69, 9.17) is 5.84 Å². The first-order chi connectivity index (χ1) is 12.7. The fourth-order valence-corrected chi connectivity index (χ4v) is 3.74. The topological polar surface area (TPSA) is 72.9 Å². The Kier molecular flexibility index (Phi) is 4.41. The number of nitrogens with zero attached hydrogens (tertiary/aromatic N) is 2. The number of carbonyl (C=O) groups excluding carboxylic acids is 1. The Hall–Kier alpha value is -3.12. The number of benzene rings is 1. The van der Waals surface area contributed by atoms with Crippen LogP contribution in [0.2, 0.25) is 0 Å². The zero-order valence-electron chi connectivity index (χ0n) is 14.1. The van der Waals surface area contributed by atoms with Crippen molar-refractivity contribution in [1.29, 1.82) is 0 Å². The highest BCUT2D eigenvalue weighted by Crippen LogP contribution is 2.24. The lowest BCUT2D eigenvalue weighted by Gasteiger charge is -2.06. The summed E-state index contributed by atoms with van der Waals surface area (Å²) in [6.07, 6.45) is 6.00. The van der Waals surface area contributed by atoms with Gasteiger partial charge < -0.3 is 11.2 Å². The van der Waals surface area contributed by atoms with Gasteiger partial charge in [0.1, 0.15) is 0 Å². The van der Waals surface area contributed by atoms with Gasteiger partial charge in [0.2, 0.25) is 0 Å². The molecule has 1 aromatic carbocycles. The number of hydrogen-bond donors (Lipinski definition) is 2. The van der Waals surface area contributed by atoms with Gasteiger partial charge in [0.25, 0.3) is 5.91 Å². The molecule has 0 fully saturated rings. The minimum Gasteiger partial charge on any atom is -0.352 e. The van der Waals surface area contributed by atoms with E-state index in [1.165, 1.54) is 0 Å². The van der Waals surface area contributed by atoms with Crippen LogP contribution >= 0.6 is 11.3 Å². The summed E-state index contributed by atoms with van der Waals surface area (Å²) in [7, 11) is 0. The monoisotopic (exact) mass is 362 g/mol. The molecule has 0 aliphatic carbocycles. The predicted octanol–water partition coefficient (Wildman–Crippen LogP) is 3.45. The number of nitrogen functional groups attached to an aromatic ring is 1. The van der Waals surface area contributed by atoms with Crippen molar-refractivity contribution in [3.05, 3.63) is 77.6 Å². The highest BCUT2D eigenvalue weighted by atomic mass is 32.1. The number of rotatable bonds is 5. The largest absolute Gasteiger partial charge is 0.352 e. The molecule has 4 aromatic rings. The van der Waals surface area contributed by atoms with Crippen LogP contribution in [0.25, 0.3) is 21.3 Å². The van der Waals surface area contributed by atoms with Crippen LogP contribution in [0.1, 0.15) is 15.9 Å². The highest BCUT2D eigenvalue weighted by Gasteiger charge is 2.10. The van der Waals surface area contributed by atoms with E-state index < -0.39 is 0 Å². The van der Waals surface area contributed by atoms with Crippen LogP contribution < -0.4 is 11.2 Å². The number of thiophene rings is 1. The molecule has 5 nitrogen and oxygen atoms in total. The van der Waals surface area contributed by atoms with Crippen molar-refractivity contribution in [2.75, 3.05) is 12.4 Å². The number of fused-ring (bicyclic) bond motifs is 1. The van der Waals surface area contributed by atoms with Crippen LogP contribution in [-0.2, 0) is 6.42 Å². The van der Waals surface area contributed by atoms with E-state index >= 15 is 0 Å². The summed E-state index contributed by atoms with van der Waals surface area (Å²) in [6, 6.07) is 13.9. The van der Waals surface area contributed by atoms with E-state index in [1.54, 1.807) is 28.4 Å². The average molecular weight is 362 g/mol. The summed E-state index contributed by atoms with van der Waals surface area (Å²) >= 11 is 1.63. The lowest BCUT2D eigenvalue weighted by atomic mass is 10.1. The van der Waals surface area contributed by atoms with Crippen molar-refractivity contribution in [1.82, 2.24) is 15.0 Å². The molecular formula is C20H18N4OS. The lowest BCUT2D eigenvalue weighted by Crippen LogP contribution is -2.25. The van der Waals surface area contributed by atoms with E-state index in [0.717, 1.165) is 26.9 Å². The number of pyridine rings is 1. The smallest absolute Gasteiger partial charge is 0.252 e. The summed E-state index contributed by atoms with van der Waals surface area (Å²) in [5.41, 5.74) is 3.63. The van der Waals surface area contributed by atoms with E-state index in [1.807, 2.05) is 54.0 Å². The number of aromatic nitrogens is 2. The second kappa shape index (κ2) is 7.01. The van der Waals surface area contributed by atoms with Crippen molar-refractivity contribution in [3.63, 3.8) is 0 Å². The van der Waals surface area contributed by atoms with Crippen molar-refractivity contribution in [2.24, 2.45) is 0 Å². The number of hydrogen-bond acceptors (Lipinski definition) is 4. The van der Waals surface area contributed by atoms with Crippen molar-refractivity contribution in [3.8, 4) is 10.4 Å². The molecule has 3 heterocycles. The summed E-state index contributed by atoms with van der Waals surface area (Å²) in [6.45, 7) is 0.538. The van der Waals surface area contributed by atoms with Crippen molar-refractivity contribution >= 4 is 28.1 Å². The fourth-order valence-electron chi connectivity index (χ4n) is 3.03. The van der Waals surface area contributed by atoms with E-state index in [-0.39, 0.29) is 5.91 Å². The summed E-state index contributed by atoms with van der Waals surface area (Å²) in [4.78, 5) is 17.7. The Bertz CT molecular complexity index is 1050. The van der Waals surface area contributed by atoms with Gasteiger partial charge in [-0.2, -0.15) is 0 Å². The number of nitrogens with two attached hydrogens (primary N) is 1. The molecule has 26 heavy (non-hydrogen) atoms. The third-order valence-corrected chi connectivity index (χ3v) is 5.23. The zero-order valence-corrected chi connectivity index (χ0v) is 14.9. The molecule has 0 spiro atoms. The molecule has 3 aromatic heterocycles. The van der Waals surface area contributed by atoms with Gasteiger partial charge >= 0.3 is 0 Å². The van der Waals surface area contributed by atoms with Gasteiger partial charge in [-0.15, -0.1) is 11.3 Å². The SMILES string of the molecule is Nn1cc(CCNC(=O)c2cncc(-c3cccs3)c2)c2ccccc21. The third-order valence-electron chi connectivity index (χ3n) is 4.31. The average Bonchev–Trinajstić information content (AvgIpc) is 3.31. The molecule has 6 heteroatoms. The molecule has 0 bridgehead atoms. The fraction of sp³-hybridized carbons (Fsp3) is 0.100. The summed E-state index contributed by atoms with van der Waals surface area (Å²) in [5, 5.41) is 6.09. The van der Waals surface area contributed by atoms with Crippen LogP contribution in [-0.4, -0.2) is 22.1 Å². The Morgan fingerprint density at radius 2 is 2.08 bits per heavy atom. The Balaban J connectivity index is 1.43. The molecule has 0 aliphatic rings. The molecule has 0 aliphatic heterocycles. The Labute approximate surface area is 155 Å². The molecule has 4 rings (SSSR count).